The number of hydrogen-bond donors (Lipinski definition) is 4. The maximum atomic E-state index is 13.3. The van der Waals surface area contributed by atoms with Crippen LogP contribution in [0.5, 0.6) is 17.2 Å². The molecule has 1 spiro atoms. The Morgan fingerprint density at radius 1 is 1.25 bits per heavy atom. The number of fused-ring (bicyclic) bond motifs is 1. The topological polar surface area (TPSA) is 155 Å². The first kappa shape index (κ1) is 20.4. The van der Waals surface area contributed by atoms with Crippen molar-refractivity contribution in [2.45, 2.75) is 37.3 Å². The van der Waals surface area contributed by atoms with Crippen molar-refractivity contribution in [1.82, 2.24) is 4.90 Å². The van der Waals surface area contributed by atoms with E-state index in [0.717, 1.165) is 25.3 Å². The summed E-state index contributed by atoms with van der Waals surface area (Å²) in [6, 6.07) is 8.84. The zero-order valence-electron chi connectivity index (χ0n) is 17.0. The zero-order valence-corrected chi connectivity index (χ0v) is 17.8. The molecule has 0 radical (unpaired) electrons. The molecule has 5 N–H and O–H groups in total. The van der Waals surface area contributed by atoms with Crippen LogP contribution in [-0.2, 0) is 10.2 Å². The SMILES string of the molecule is NC1=NS(=O)(=O)Nc2cccc(O[C@@H]3CC34CCCCN4C(=O)c3ccc(O)cc3O)c21. The lowest BCUT2D eigenvalue weighted by molar-refractivity contribution is 0.0486. The molecular weight excluding hydrogens is 436 g/mol. The summed E-state index contributed by atoms with van der Waals surface area (Å²) >= 11 is 0. The van der Waals surface area contributed by atoms with Crippen LogP contribution in [0.3, 0.4) is 0 Å². The number of carbonyl (C=O) groups is 1. The molecule has 2 atom stereocenters. The van der Waals surface area contributed by atoms with Crippen LogP contribution in [0.15, 0.2) is 40.8 Å². The molecule has 1 saturated carbocycles. The fraction of sp³-hybridized carbons (Fsp3) is 0.333. The molecule has 10 nitrogen and oxygen atoms in total. The number of amides is 1. The van der Waals surface area contributed by atoms with Crippen LogP contribution in [0, 0.1) is 0 Å². The summed E-state index contributed by atoms with van der Waals surface area (Å²) in [5.41, 5.74) is 6.16. The summed E-state index contributed by atoms with van der Waals surface area (Å²) in [6.07, 6.45) is 2.80. The minimum absolute atomic E-state index is 0.122. The third kappa shape index (κ3) is 3.29. The van der Waals surface area contributed by atoms with E-state index in [2.05, 4.69) is 9.12 Å². The molecule has 2 aromatic rings. The first-order valence-electron chi connectivity index (χ1n) is 10.2. The molecule has 2 fully saturated rings. The summed E-state index contributed by atoms with van der Waals surface area (Å²) in [6.45, 7) is 0.523. The van der Waals surface area contributed by atoms with Crippen LogP contribution < -0.4 is 15.2 Å². The number of amidine groups is 1. The molecule has 32 heavy (non-hydrogen) atoms. The van der Waals surface area contributed by atoms with Crippen LogP contribution in [0.25, 0.3) is 0 Å². The van der Waals surface area contributed by atoms with E-state index < -0.39 is 15.7 Å². The van der Waals surface area contributed by atoms with Gasteiger partial charge >= 0.3 is 10.2 Å². The average Bonchev–Trinajstić information content (AvgIpc) is 3.38. The minimum atomic E-state index is -3.90. The Kier molecular flexibility index (Phi) is 4.48. The van der Waals surface area contributed by atoms with E-state index in [1.165, 1.54) is 12.1 Å². The molecular formula is C21H22N4O6S. The zero-order chi connectivity index (χ0) is 22.7. The fourth-order valence-electron chi connectivity index (χ4n) is 4.64. The number of ether oxygens (including phenoxy) is 1. The van der Waals surface area contributed by atoms with Gasteiger partial charge in [-0.25, -0.2) is 0 Å². The molecule has 0 bridgehead atoms. The number of benzene rings is 2. The lowest BCUT2D eigenvalue weighted by Gasteiger charge is -2.37. The van der Waals surface area contributed by atoms with Crippen molar-refractivity contribution in [1.29, 1.82) is 0 Å². The molecule has 1 amide bonds. The Morgan fingerprint density at radius 2 is 2.06 bits per heavy atom. The Bertz CT molecular complexity index is 1260. The Morgan fingerprint density at radius 3 is 2.84 bits per heavy atom. The predicted octanol–water partition coefficient (Wildman–Crippen LogP) is 1.69. The van der Waals surface area contributed by atoms with Crippen molar-refractivity contribution in [3.05, 3.63) is 47.5 Å². The number of piperidine rings is 1. The average molecular weight is 458 g/mol. The van der Waals surface area contributed by atoms with Gasteiger partial charge in [0.25, 0.3) is 5.91 Å². The molecule has 2 aromatic carbocycles. The number of phenolic OH excluding ortho intramolecular Hbond substituents is 2. The van der Waals surface area contributed by atoms with Gasteiger partial charge < -0.3 is 25.6 Å². The number of likely N-dealkylation sites (tertiary alicyclic amines) is 1. The van der Waals surface area contributed by atoms with Gasteiger partial charge in [-0.15, -0.1) is 4.40 Å². The van der Waals surface area contributed by atoms with Crippen molar-refractivity contribution < 1.29 is 28.2 Å². The minimum Gasteiger partial charge on any atom is -0.508 e. The van der Waals surface area contributed by atoms with Crippen molar-refractivity contribution >= 4 is 27.6 Å². The normalized spacial score (nSPS) is 25.4. The summed E-state index contributed by atoms with van der Waals surface area (Å²) in [5.74, 6) is -0.489. The molecule has 1 unspecified atom stereocenters. The van der Waals surface area contributed by atoms with Crippen molar-refractivity contribution in [3.8, 4) is 17.2 Å². The van der Waals surface area contributed by atoms with Gasteiger partial charge in [-0.2, -0.15) is 8.42 Å². The van der Waals surface area contributed by atoms with Gasteiger partial charge in [0.1, 0.15) is 23.4 Å². The smallest absolute Gasteiger partial charge is 0.344 e. The van der Waals surface area contributed by atoms with Crippen molar-refractivity contribution in [3.63, 3.8) is 0 Å². The monoisotopic (exact) mass is 458 g/mol. The van der Waals surface area contributed by atoms with Gasteiger partial charge in [-0.1, -0.05) is 6.07 Å². The van der Waals surface area contributed by atoms with E-state index in [1.54, 1.807) is 23.1 Å². The number of nitrogens with one attached hydrogen (secondary N) is 1. The summed E-state index contributed by atoms with van der Waals surface area (Å²) in [4.78, 5) is 15.0. The second-order valence-corrected chi connectivity index (χ2v) is 9.60. The maximum Gasteiger partial charge on any atom is 0.344 e. The van der Waals surface area contributed by atoms with Gasteiger partial charge in [0.05, 0.1) is 22.4 Å². The van der Waals surface area contributed by atoms with Crippen LogP contribution in [0.1, 0.15) is 41.6 Å². The highest BCUT2D eigenvalue weighted by Gasteiger charge is 2.62. The Balaban J connectivity index is 1.43. The largest absolute Gasteiger partial charge is 0.508 e. The van der Waals surface area contributed by atoms with Crippen LogP contribution in [0.2, 0.25) is 0 Å². The molecule has 5 rings (SSSR count). The Labute approximate surface area is 184 Å². The second-order valence-electron chi connectivity index (χ2n) is 8.26. The highest BCUT2D eigenvalue weighted by molar-refractivity contribution is 7.91. The molecule has 2 heterocycles. The van der Waals surface area contributed by atoms with E-state index in [1.807, 2.05) is 0 Å². The number of hydrogen-bond acceptors (Lipinski definition) is 7. The highest BCUT2D eigenvalue weighted by atomic mass is 32.2. The van der Waals surface area contributed by atoms with Gasteiger partial charge in [-0.05, 0) is 43.5 Å². The van der Waals surface area contributed by atoms with Crippen LogP contribution in [-0.4, -0.2) is 53.5 Å². The van der Waals surface area contributed by atoms with Crippen LogP contribution >= 0.6 is 0 Å². The van der Waals surface area contributed by atoms with Gasteiger partial charge in [-0.3, -0.25) is 9.52 Å². The third-order valence-electron chi connectivity index (χ3n) is 6.22. The molecule has 1 saturated heterocycles. The number of aromatic hydroxyl groups is 2. The summed E-state index contributed by atoms with van der Waals surface area (Å²) in [5, 5.41) is 19.7. The van der Waals surface area contributed by atoms with E-state index in [-0.39, 0.29) is 40.6 Å². The standard InChI is InChI=1S/C21H22N4O6S/c22-19-18-14(23-32(29,30)24-19)4-3-5-16(18)31-17-11-21(17)8-1-2-9-25(21)20(28)13-7-6-12(26)10-15(13)27/h3-7,10,17,23,26-27H,1-2,8-9,11H2,(H2,22,24)/t17-,21?/m1/s1. The number of rotatable bonds is 3. The number of nitrogens with zero attached hydrogens (tertiary/aromatic N) is 2. The molecule has 0 aromatic heterocycles. The highest BCUT2D eigenvalue weighted by Crippen LogP contribution is 2.52. The van der Waals surface area contributed by atoms with E-state index in [0.29, 0.717) is 24.3 Å². The Hall–Kier alpha value is -3.47. The summed E-state index contributed by atoms with van der Waals surface area (Å²) < 4.78 is 35.7. The van der Waals surface area contributed by atoms with Crippen molar-refractivity contribution in [2.75, 3.05) is 11.3 Å². The van der Waals surface area contributed by atoms with E-state index >= 15 is 0 Å². The quantitative estimate of drug-likeness (QED) is 0.545. The van der Waals surface area contributed by atoms with Crippen molar-refractivity contribution in [2.24, 2.45) is 10.1 Å². The van der Waals surface area contributed by atoms with E-state index in [4.69, 9.17) is 10.5 Å². The third-order valence-corrected chi connectivity index (χ3v) is 7.14. The molecule has 1 aliphatic carbocycles. The summed E-state index contributed by atoms with van der Waals surface area (Å²) in [7, 11) is -3.90. The van der Waals surface area contributed by atoms with Crippen LogP contribution in [0.4, 0.5) is 5.69 Å². The van der Waals surface area contributed by atoms with E-state index in [9.17, 15) is 23.4 Å². The molecule has 11 heteroatoms. The lowest BCUT2D eigenvalue weighted by atomic mass is 9.98. The number of anilines is 1. The number of nitrogens with two attached hydrogens (primary N) is 1. The first-order chi connectivity index (χ1) is 15.2. The van der Waals surface area contributed by atoms with Gasteiger partial charge in [0, 0.05) is 19.0 Å². The molecule has 3 aliphatic rings. The number of phenols is 2. The predicted molar refractivity (Wildman–Crippen MR) is 116 cm³/mol. The van der Waals surface area contributed by atoms with Gasteiger partial charge in [0.15, 0.2) is 5.84 Å². The fourth-order valence-corrected chi connectivity index (χ4v) is 5.48. The molecule has 2 aliphatic heterocycles. The molecule has 168 valence electrons. The number of carbonyl (C=O) groups excluding carboxylic acids is 1. The lowest BCUT2D eigenvalue weighted by Crippen LogP contribution is -2.48. The first-order valence-corrected chi connectivity index (χ1v) is 11.7. The van der Waals surface area contributed by atoms with Gasteiger partial charge in [0.2, 0.25) is 0 Å². The maximum absolute atomic E-state index is 13.3. The second kappa shape index (κ2) is 7.02.